The van der Waals surface area contributed by atoms with Crippen LogP contribution in [0.4, 0.5) is 11.1 Å². The molecule has 3 aromatic heterocycles. The van der Waals surface area contributed by atoms with Gasteiger partial charge in [0, 0.05) is 22.9 Å². The van der Waals surface area contributed by atoms with Crippen molar-refractivity contribution < 1.29 is 43.6 Å². The van der Waals surface area contributed by atoms with Gasteiger partial charge in [0.05, 0.1) is 13.3 Å². The lowest BCUT2D eigenvalue weighted by Gasteiger charge is -2.49. The molecular weight excluding hydrogens is 692 g/mol. The molecule has 1 saturated heterocycles. The second-order valence-electron chi connectivity index (χ2n) is 10.5. The largest absolute Gasteiger partial charge is 0.478 e. The third kappa shape index (κ3) is 6.88. The van der Waals surface area contributed by atoms with Gasteiger partial charge in [-0.25, -0.2) is 24.6 Å². The fraction of sp³-hybridized carbons (Fsp3) is 0.407. The topological polar surface area (TPSA) is 239 Å². The molecule has 3 aromatic rings. The molecule has 1 fully saturated rings. The second-order valence-corrected chi connectivity index (χ2v) is 13.3. The first kappa shape index (κ1) is 34.8. The number of carbonyl (C=O) groups excluding carboxylic acids is 2. The van der Waals surface area contributed by atoms with Gasteiger partial charge in [0.15, 0.2) is 10.8 Å². The molecule has 2 aliphatic heterocycles. The number of aliphatic carboxylic acids is 2. The Morgan fingerprint density at radius 2 is 2.08 bits per heavy atom. The third-order valence-electron chi connectivity index (χ3n) is 7.37. The Hall–Kier alpha value is -4.50. The smallest absolute Gasteiger partial charge is 0.352 e. The molecule has 21 heteroatoms. The number of anilines is 2. The highest BCUT2D eigenvalue weighted by atomic mass is 35.5. The summed E-state index contributed by atoms with van der Waals surface area (Å²) in [7, 11) is 3.35. The summed E-state index contributed by atoms with van der Waals surface area (Å²) < 4.78 is 3.76. The van der Waals surface area contributed by atoms with Crippen molar-refractivity contribution in [3.05, 3.63) is 39.6 Å². The highest BCUT2D eigenvalue weighted by Crippen LogP contribution is 2.40. The van der Waals surface area contributed by atoms with Gasteiger partial charge < -0.3 is 31.4 Å². The number of β-lactam (4-membered cyclic amide) rings is 1. The number of rotatable bonds is 15. The zero-order valence-electron chi connectivity index (χ0n) is 25.8. The van der Waals surface area contributed by atoms with Crippen LogP contribution in [0.15, 0.2) is 34.8 Å². The van der Waals surface area contributed by atoms with Crippen molar-refractivity contribution in [2.75, 3.05) is 37.7 Å². The minimum Gasteiger partial charge on any atom is -0.478 e. The fourth-order valence-corrected chi connectivity index (χ4v) is 7.39. The summed E-state index contributed by atoms with van der Waals surface area (Å²) in [5, 5.41) is 28.0. The molecule has 256 valence electrons. The van der Waals surface area contributed by atoms with Gasteiger partial charge in [-0.2, -0.15) is 0 Å². The number of aryl methyl sites for hydroxylation is 1. The number of oxime groups is 1. The number of fused-ring (bicyclic) bond motifs is 2. The molecule has 5 rings (SSSR count). The quantitative estimate of drug-likeness (QED) is 0.0405. The first-order valence-electron chi connectivity index (χ1n) is 14.4. The Kier molecular flexibility index (Phi) is 10.7. The van der Waals surface area contributed by atoms with Crippen LogP contribution in [0.25, 0.3) is 11.2 Å². The number of nitrogens with two attached hydrogens (primary N) is 1. The van der Waals surface area contributed by atoms with E-state index in [0.717, 1.165) is 34.7 Å². The molecule has 5 heterocycles. The Labute approximate surface area is 285 Å². The third-order valence-corrected chi connectivity index (χ3v) is 9.79. The van der Waals surface area contributed by atoms with Gasteiger partial charge in [-0.1, -0.05) is 28.1 Å². The average Bonchev–Trinajstić information content (AvgIpc) is 3.57. The summed E-state index contributed by atoms with van der Waals surface area (Å²) in [4.78, 5) is 70.5. The van der Waals surface area contributed by atoms with Gasteiger partial charge in [0.25, 0.3) is 11.8 Å². The van der Waals surface area contributed by atoms with Crippen molar-refractivity contribution >= 4 is 86.4 Å². The van der Waals surface area contributed by atoms with Crippen molar-refractivity contribution in [2.24, 2.45) is 5.16 Å². The second kappa shape index (κ2) is 14.7. The molecule has 0 bridgehead atoms. The van der Waals surface area contributed by atoms with Gasteiger partial charge in [-0.3, -0.25) is 23.9 Å². The van der Waals surface area contributed by atoms with Crippen LogP contribution in [0, 0.1) is 0 Å². The molecular formula is C27H32ClN10O8S2+. The lowest BCUT2D eigenvalue weighted by atomic mass is 10.0. The average molecular weight is 724 g/mol. The van der Waals surface area contributed by atoms with Gasteiger partial charge >= 0.3 is 23.5 Å². The fourth-order valence-electron chi connectivity index (χ4n) is 5.13. The molecule has 0 saturated carbocycles. The molecule has 3 atom stereocenters. The highest BCUT2D eigenvalue weighted by molar-refractivity contribution is 8.00. The van der Waals surface area contributed by atoms with E-state index in [1.807, 2.05) is 23.7 Å². The predicted molar refractivity (Wildman–Crippen MR) is 175 cm³/mol. The van der Waals surface area contributed by atoms with E-state index in [4.69, 9.17) is 37.1 Å². The van der Waals surface area contributed by atoms with E-state index in [2.05, 4.69) is 26.3 Å². The number of thiazole rings is 1. The van der Waals surface area contributed by atoms with Crippen LogP contribution < -0.4 is 26.4 Å². The van der Waals surface area contributed by atoms with Crippen molar-refractivity contribution in [1.29, 1.82) is 0 Å². The van der Waals surface area contributed by atoms with Gasteiger partial charge in [-0.05, 0) is 39.1 Å². The normalized spacial score (nSPS) is 18.4. The van der Waals surface area contributed by atoms with Crippen LogP contribution in [0.2, 0.25) is 4.34 Å². The van der Waals surface area contributed by atoms with E-state index in [1.54, 1.807) is 10.8 Å². The summed E-state index contributed by atoms with van der Waals surface area (Å²) >= 11 is 8.31. The van der Waals surface area contributed by atoms with Crippen molar-refractivity contribution in [3.8, 4) is 0 Å². The van der Waals surface area contributed by atoms with Gasteiger partial charge in [-0.15, -0.1) is 11.8 Å². The molecule has 0 radical (unpaired) electrons. The number of amides is 2. The zero-order valence-corrected chi connectivity index (χ0v) is 28.2. The monoisotopic (exact) mass is 723 g/mol. The summed E-state index contributed by atoms with van der Waals surface area (Å²) in [5.74, 6) is -3.54. The van der Waals surface area contributed by atoms with Crippen molar-refractivity contribution in [3.63, 3.8) is 0 Å². The van der Waals surface area contributed by atoms with E-state index >= 15 is 0 Å². The number of hydrogen-bond donors (Lipinski definition) is 6. The molecule has 0 spiro atoms. The number of nitrogens with zero attached hydrogens (tertiary/aromatic N) is 6. The van der Waals surface area contributed by atoms with E-state index < -0.39 is 47.0 Å². The Morgan fingerprint density at radius 3 is 2.73 bits per heavy atom. The van der Waals surface area contributed by atoms with E-state index in [-0.39, 0.29) is 33.2 Å². The number of carbonyl (C=O) groups is 4. The van der Waals surface area contributed by atoms with E-state index in [0.29, 0.717) is 23.7 Å². The first-order chi connectivity index (χ1) is 23.0. The molecule has 18 nitrogen and oxygen atoms in total. The van der Waals surface area contributed by atoms with Crippen LogP contribution in [0.3, 0.4) is 0 Å². The molecule has 0 aliphatic carbocycles. The Bertz CT molecular complexity index is 1830. The number of carboxylic acids is 2. The van der Waals surface area contributed by atoms with Crippen LogP contribution in [0.1, 0.15) is 19.0 Å². The van der Waals surface area contributed by atoms with Crippen molar-refractivity contribution in [2.45, 2.75) is 44.0 Å². The number of pyridine rings is 1. The number of hydrogen-bond acceptors (Lipinski definition) is 14. The number of aromatic nitrogens is 4. The summed E-state index contributed by atoms with van der Waals surface area (Å²) in [5.41, 5.74) is 9.51. The number of carboxylic acid groups (broad SMARTS) is 2. The number of thioether (sulfide) groups is 1. The molecule has 48 heavy (non-hydrogen) atoms. The number of nitrogen functional groups attached to an aromatic ring is 1. The van der Waals surface area contributed by atoms with Gasteiger partial charge in [0.1, 0.15) is 39.2 Å². The highest BCUT2D eigenvalue weighted by Gasteiger charge is 2.54. The molecule has 0 aromatic carbocycles. The maximum absolute atomic E-state index is 13.4. The molecule has 2 unspecified atom stereocenters. The van der Waals surface area contributed by atoms with Crippen LogP contribution in [-0.2, 0) is 41.9 Å². The minimum atomic E-state index is -1.42. The molecule has 7 N–H and O–H groups in total. The standard InChI is InChI=1S/C27H31ClN10O8S2/c1-12(24(41)42)46-34-16(15-19(28)48-26(29)32-15)21(39)31-17-22(40)38-18(25(43)44)13(11-47-23(17)38)10-36-8-4-6-14-20(36)33-27(35-45-3)37(14)9-5-7-30-2/h4,6,8,12,17,23,30H,5,7,9-11H2,1-3H3,(H5,29,31,32,39,41,42,43,44)/p+1/b34-16-/t12-,17?,23?/m0/s1. The molecule has 2 aliphatic rings. The number of nitrogens with one attached hydrogen (secondary N) is 3. The van der Waals surface area contributed by atoms with Crippen molar-refractivity contribution in [1.82, 2.24) is 30.1 Å². The van der Waals surface area contributed by atoms with Crippen LogP contribution in [0.5, 0.6) is 0 Å². The summed E-state index contributed by atoms with van der Waals surface area (Å²) in [6.07, 6.45) is 1.18. The lowest BCUT2D eigenvalue weighted by molar-refractivity contribution is -0.664. The van der Waals surface area contributed by atoms with Gasteiger partial charge in [0.2, 0.25) is 6.10 Å². The van der Waals surface area contributed by atoms with Crippen LogP contribution in [-0.4, -0.2) is 103 Å². The summed E-state index contributed by atoms with van der Waals surface area (Å²) in [6, 6.07) is 2.60. The minimum absolute atomic E-state index is 0.0113. The Morgan fingerprint density at radius 1 is 1.31 bits per heavy atom. The van der Waals surface area contributed by atoms with Crippen LogP contribution >= 0.6 is 34.7 Å². The van der Waals surface area contributed by atoms with E-state index in [9.17, 15) is 24.3 Å². The lowest BCUT2D eigenvalue weighted by Crippen LogP contribution is -2.71. The maximum Gasteiger partial charge on any atom is 0.352 e. The number of halogens is 1. The molecule has 2 amide bonds. The predicted octanol–water partition coefficient (Wildman–Crippen LogP) is 0.231. The first-order valence-corrected chi connectivity index (χ1v) is 16.6. The maximum atomic E-state index is 13.4. The SMILES string of the molecule is CNCCCn1c(NOC)nc2c1ccc[n+]2CC1=C(C(=O)O)N2C(=O)C(NC(=O)/C(=N\O[C@@H](C)C(=O)O)c3nc(N)sc3Cl)C2SC1. The summed E-state index contributed by atoms with van der Waals surface area (Å²) in [6.45, 7) is 2.75. The number of imidazole rings is 1. The zero-order chi connectivity index (χ0) is 34.7. The Balaban J connectivity index is 1.40. The van der Waals surface area contributed by atoms with E-state index in [1.165, 1.54) is 25.8 Å².